The molecule has 96 valence electrons. The maximum Gasteiger partial charge on any atom is 0.239 e. The van der Waals surface area contributed by atoms with Crippen LogP contribution in [0, 0.1) is 0 Å². The normalized spacial score (nSPS) is 27.1. The summed E-state index contributed by atoms with van der Waals surface area (Å²) in [5.41, 5.74) is 5.82. The van der Waals surface area contributed by atoms with Crippen LogP contribution in [0.2, 0.25) is 0 Å². The first kappa shape index (κ1) is 15.7. The van der Waals surface area contributed by atoms with Gasteiger partial charge in [-0.2, -0.15) is 0 Å². The lowest BCUT2D eigenvalue weighted by atomic mass is 10.1. The third-order valence-electron chi connectivity index (χ3n) is 2.65. The highest BCUT2D eigenvalue weighted by atomic mass is 35.5. The van der Waals surface area contributed by atoms with E-state index in [0.29, 0.717) is 13.1 Å². The van der Waals surface area contributed by atoms with E-state index in [1.807, 2.05) is 25.7 Å². The Labute approximate surface area is 104 Å². The fourth-order valence-corrected chi connectivity index (χ4v) is 2.03. The van der Waals surface area contributed by atoms with Gasteiger partial charge in [-0.15, -0.1) is 12.4 Å². The van der Waals surface area contributed by atoms with Crippen LogP contribution in [-0.2, 0) is 9.53 Å². The molecule has 3 atom stereocenters. The van der Waals surface area contributed by atoms with Crippen LogP contribution in [0.15, 0.2) is 0 Å². The van der Waals surface area contributed by atoms with Crippen molar-refractivity contribution in [1.29, 1.82) is 0 Å². The zero-order chi connectivity index (χ0) is 11.4. The van der Waals surface area contributed by atoms with Crippen LogP contribution in [0.4, 0.5) is 0 Å². The summed E-state index contributed by atoms with van der Waals surface area (Å²) in [4.78, 5) is 13.8. The van der Waals surface area contributed by atoms with Gasteiger partial charge in [-0.05, 0) is 20.3 Å². The second-order valence-electron chi connectivity index (χ2n) is 4.40. The Kier molecular flexibility index (Phi) is 6.95. The van der Waals surface area contributed by atoms with Crippen molar-refractivity contribution >= 4 is 18.3 Å². The van der Waals surface area contributed by atoms with Crippen LogP contribution in [0.25, 0.3) is 0 Å². The van der Waals surface area contributed by atoms with E-state index in [2.05, 4.69) is 0 Å². The van der Waals surface area contributed by atoms with Crippen molar-refractivity contribution in [3.05, 3.63) is 0 Å². The lowest BCUT2D eigenvalue weighted by molar-refractivity contribution is -0.144. The van der Waals surface area contributed by atoms with Crippen molar-refractivity contribution in [3.63, 3.8) is 0 Å². The topological polar surface area (TPSA) is 55.6 Å². The number of rotatable bonds is 3. The van der Waals surface area contributed by atoms with Crippen molar-refractivity contribution in [1.82, 2.24) is 4.90 Å². The highest BCUT2D eigenvalue weighted by Crippen LogP contribution is 2.12. The Hall–Kier alpha value is -0.320. The minimum absolute atomic E-state index is 0. The molecule has 0 radical (unpaired) electrons. The molecule has 1 aliphatic heterocycles. The fourth-order valence-electron chi connectivity index (χ4n) is 2.03. The Morgan fingerprint density at radius 1 is 1.44 bits per heavy atom. The molecule has 0 bridgehead atoms. The van der Waals surface area contributed by atoms with Gasteiger partial charge in [0.1, 0.15) is 0 Å². The molecule has 3 unspecified atom stereocenters. The average Bonchev–Trinajstić information content (AvgIpc) is 2.15. The van der Waals surface area contributed by atoms with Crippen molar-refractivity contribution in [2.45, 2.75) is 51.9 Å². The molecule has 1 saturated heterocycles. The molecule has 0 aromatic heterocycles. The number of nitrogens with two attached hydrogens (primary N) is 1. The molecule has 0 saturated carbocycles. The van der Waals surface area contributed by atoms with Crippen LogP contribution in [0.5, 0.6) is 0 Å². The predicted octanol–water partition coefficient (Wildman–Crippen LogP) is 1.17. The predicted molar refractivity (Wildman–Crippen MR) is 66.7 cm³/mol. The Morgan fingerprint density at radius 2 is 1.94 bits per heavy atom. The minimum atomic E-state index is -0.340. The lowest BCUT2D eigenvalue weighted by Crippen LogP contribution is -2.53. The smallest absolute Gasteiger partial charge is 0.239 e. The number of amides is 1. The van der Waals surface area contributed by atoms with E-state index in [4.69, 9.17) is 10.5 Å². The second kappa shape index (κ2) is 7.09. The molecule has 1 fully saturated rings. The third kappa shape index (κ3) is 4.28. The Morgan fingerprint density at radius 3 is 2.38 bits per heavy atom. The Bertz CT molecular complexity index is 216. The molecule has 1 rings (SSSR count). The molecule has 5 heteroatoms. The Balaban J connectivity index is 0.00000225. The SMILES string of the molecule is CCCC(N)C(=O)N1CC(C)OC(C)C1.Cl. The fraction of sp³-hybridized carbons (Fsp3) is 0.909. The van der Waals surface area contributed by atoms with Crippen molar-refractivity contribution in [2.24, 2.45) is 5.73 Å². The van der Waals surface area contributed by atoms with Gasteiger partial charge < -0.3 is 15.4 Å². The molecular weight excluding hydrogens is 228 g/mol. The summed E-state index contributed by atoms with van der Waals surface area (Å²) in [5, 5.41) is 0. The zero-order valence-electron chi connectivity index (χ0n) is 10.3. The summed E-state index contributed by atoms with van der Waals surface area (Å²) in [5.74, 6) is 0.0684. The van der Waals surface area contributed by atoms with E-state index >= 15 is 0 Å². The van der Waals surface area contributed by atoms with E-state index in [-0.39, 0.29) is 36.6 Å². The summed E-state index contributed by atoms with van der Waals surface area (Å²) in [6.45, 7) is 7.35. The minimum Gasteiger partial charge on any atom is -0.372 e. The second-order valence-corrected chi connectivity index (χ2v) is 4.40. The lowest BCUT2D eigenvalue weighted by Gasteiger charge is -2.36. The molecule has 1 heterocycles. The number of morpholine rings is 1. The standard InChI is InChI=1S/C11H22N2O2.ClH/c1-4-5-10(12)11(14)13-6-8(2)15-9(3)7-13;/h8-10H,4-7,12H2,1-3H3;1H. The van der Waals surface area contributed by atoms with Crippen LogP contribution in [-0.4, -0.2) is 42.1 Å². The summed E-state index contributed by atoms with van der Waals surface area (Å²) in [6, 6.07) is -0.340. The van der Waals surface area contributed by atoms with Gasteiger partial charge in [0.05, 0.1) is 18.2 Å². The van der Waals surface area contributed by atoms with E-state index in [9.17, 15) is 4.79 Å². The summed E-state index contributed by atoms with van der Waals surface area (Å²) >= 11 is 0. The highest BCUT2D eigenvalue weighted by Gasteiger charge is 2.28. The quantitative estimate of drug-likeness (QED) is 0.818. The number of hydrogen-bond donors (Lipinski definition) is 1. The van der Waals surface area contributed by atoms with Gasteiger partial charge in [0.2, 0.25) is 5.91 Å². The van der Waals surface area contributed by atoms with Crippen LogP contribution in [0.1, 0.15) is 33.6 Å². The summed E-state index contributed by atoms with van der Waals surface area (Å²) in [6.07, 6.45) is 1.94. The number of nitrogens with zero attached hydrogens (tertiary/aromatic N) is 1. The number of hydrogen-bond acceptors (Lipinski definition) is 3. The number of halogens is 1. The maximum atomic E-state index is 11.9. The van der Waals surface area contributed by atoms with E-state index in [1.165, 1.54) is 0 Å². The molecule has 1 amide bonds. The first-order valence-electron chi connectivity index (χ1n) is 5.74. The van der Waals surface area contributed by atoms with Crippen LogP contribution < -0.4 is 5.73 Å². The summed E-state index contributed by atoms with van der Waals surface area (Å²) in [7, 11) is 0. The van der Waals surface area contributed by atoms with Crippen molar-refractivity contribution in [2.75, 3.05) is 13.1 Å². The van der Waals surface area contributed by atoms with Crippen molar-refractivity contribution < 1.29 is 9.53 Å². The maximum absolute atomic E-state index is 11.9. The molecule has 0 spiro atoms. The molecule has 1 aliphatic rings. The largest absolute Gasteiger partial charge is 0.372 e. The van der Waals surface area contributed by atoms with E-state index in [1.54, 1.807) is 0 Å². The number of ether oxygens (including phenoxy) is 1. The van der Waals surface area contributed by atoms with Gasteiger partial charge in [0.25, 0.3) is 0 Å². The first-order valence-corrected chi connectivity index (χ1v) is 5.74. The monoisotopic (exact) mass is 250 g/mol. The molecule has 0 aromatic rings. The molecule has 4 nitrogen and oxygen atoms in total. The summed E-state index contributed by atoms with van der Waals surface area (Å²) < 4.78 is 5.57. The molecule has 16 heavy (non-hydrogen) atoms. The van der Waals surface area contributed by atoms with Gasteiger partial charge >= 0.3 is 0 Å². The van der Waals surface area contributed by atoms with Gasteiger partial charge in [-0.3, -0.25) is 4.79 Å². The average molecular weight is 251 g/mol. The van der Waals surface area contributed by atoms with E-state index in [0.717, 1.165) is 12.8 Å². The molecule has 0 aliphatic carbocycles. The van der Waals surface area contributed by atoms with E-state index < -0.39 is 0 Å². The molecule has 2 N–H and O–H groups in total. The van der Waals surface area contributed by atoms with Crippen LogP contribution >= 0.6 is 12.4 Å². The first-order chi connectivity index (χ1) is 7.04. The number of carbonyl (C=O) groups is 1. The van der Waals surface area contributed by atoms with Gasteiger partial charge in [0, 0.05) is 13.1 Å². The molecular formula is C11H23ClN2O2. The van der Waals surface area contributed by atoms with Gasteiger partial charge in [-0.25, -0.2) is 0 Å². The third-order valence-corrected chi connectivity index (χ3v) is 2.65. The van der Waals surface area contributed by atoms with Gasteiger partial charge in [-0.1, -0.05) is 13.3 Å². The van der Waals surface area contributed by atoms with Gasteiger partial charge in [0.15, 0.2) is 0 Å². The van der Waals surface area contributed by atoms with Crippen molar-refractivity contribution in [3.8, 4) is 0 Å². The number of carbonyl (C=O) groups excluding carboxylic acids is 1. The molecule has 0 aromatic carbocycles. The highest BCUT2D eigenvalue weighted by molar-refractivity contribution is 5.85. The van der Waals surface area contributed by atoms with Crippen LogP contribution in [0.3, 0.4) is 0 Å². The zero-order valence-corrected chi connectivity index (χ0v) is 11.1.